The van der Waals surface area contributed by atoms with Crippen molar-refractivity contribution in [3.63, 3.8) is 0 Å². The molecule has 0 bridgehead atoms. The first-order chi connectivity index (χ1) is 7.24. The molecule has 0 aromatic rings. The zero-order valence-corrected chi connectivity index (χ0v) is 9.53. The first-order valence-corrected chi connectivity index (χ1v) is 5.75. The van der Waals surface area contributed by atoms with Gasteiger partial charge in [0.05, 0.1) is 13.0 Å². The summed E-state index contributed by atoms with van der Waals surface area (Å²) in [6, 6.07) is 0.843. The molecule has 4 nitrogen and oxygen atoms in total. The molecule has 2 aliphatic heterocycles. The summed E-state index contributed by atoms with van der Waals surface area (Å²) in [6.45, 7) is 4.73. The molecule has 2 saturated heterocycles. The first kappa shape index (κ1) is 10.9. The van der Waals surface area contributed by atoms with Crippen LogP contribution in [-0.4, -0.2) is 49.7 Å². The van der Waals surface area contributed by atoms with Crippen LogP contribution in [0.25, 0.3) is 0 Å². The number of methoxy groups -OCH3 is 1. The van der Waals surface area contributed by atoms with Gasteiger partial charge < -0.3 is 15.0 Å². The van der Waals surface area contributed by atoms with Gasteiger partial charge in [-0.2, -0.15) is 0 Å². The van der Waals surface area contributed by atoms with E-state index in [-0.39, 0.29) is 5.91 Å². The van der Waals surface area contributed by atoms with E-state index < -0.39 is 0 Å². The molecular formula is C11H20N2O2. The highest BCUT2D eigenvalue weighted by atomic mass is 16.5. The molecule has 2 fully saturated rings. The lowest BCUT2D eigenvalue weighted by Gasteiger charge is -2.27. The number of carbonyl (C=O) groups excluding carboxylic acids is 1. The Labute approximate surface area is 91.0 Å². The summed E-state index contributed by atoms with van der Waals surface area (Å²) in [5, 5.41) is 3.36. The number of ether oxygens (including phenoxy) is 1. The number of fused-ring (bicyclic) bond motifs is 1. The Morgan fingerprint density at radius 3 is 3.07 bits per heavy atom. The summed E-state index contributed by atoms with van der Waals surface area (Å²) in [4.78, 5) is 14.0. The van der Waals surface area contributed by atoms with Crippen molar-refractivity contribution in [1.29, 1.82) is 0 Å². The van der Waals surface area contributed by atoms with E-state index in [4.69, 9.17) is 4.74 Å². The number of nitrogens with one attached hydrogen (secondary N) is 1. The summed E-state index contributed by atoms with van der Waals surface area (Å²) in [5.74, 6) is 0.923. The molecule has 1 amide bonds. The largest absolute Gasteiger partial charge is 0.384 e. The monoisotopic (exact) mass is 212 g/mol. The van der Waals surface area contributed by atoms with Crippen molar-refractivity contribution >= 4 is 5.91 Å². The minimum Gasteiger partial charge on any atom is -0.384 e. The fourth-order valence-corrected chi connectivity index (χ4v) is 2.91. The van der Waals surface area contributed by atoms with Gasteiger partial charge in [-0.3, -0.25) is 4.79 Å². The molecule has 2 aliphatic rings. The molecule has 0 aromatic carbocycles. The van der Waals surface area contributed by atoms with Crippen LogP contribution < -0.4 is 5.32 Å². The Morgan fingerprint density at radius 1 is 1.53 bits per heavy atom. The number of likely N-dealkylation sites (tertiary alicyclic amines) is 1. The van der Waals surface area contributed by atoms with Crippen LogP contribution in [0.15, 0.2) is 0 Å². The molecule has 3 unspecified atom stereocenters. The third-order valence-corrected chi connectivity index (χ3v) is 3.59. The van der Waals surface area contributed by atoms with E-state index in [2.05, 4.69) is 17.1 Å². The molecule has 0 aliphatic carbocycles. The zero-order chi connectivity index (χ0) is 10.8. The quantitative estimate of drug-likeness (QED) is 0.728. The predicted octanol–water partition coefficient (Wildman–Crippen LogP) is 0.232. The lowest BCUT2D eigenvalue weighted by atomic mass is 10.0. The molecule has 2 rings (SSSR count). The van der Waals surface area contributed by atoms with Crippen LogP contribution in [0.5, 0.6) is 0 Å². The van der Waals surface area contributed by atoms with Gasteiger partial charge >= 0.3 is 0 Å². The Morgan fingerprint density at radius 2 is 2.33 bits per heavy atom. The fraction of sp³-hybridized carbons (Fsp3) is 0.909. The topological polar surface area (TPSA) is 41.6 Å². The molecule has 0 radical (unpaired) electrons. The molecular weight excluding hydrogens is 192 g/mol. The predicted molar refractivity (Wildman–Crippen MR) is 57.6 cm³/mol. The van der Waals surface area contributed by atoms with E-state index in [1.54, 1.807) is 7.11 Å². The van der Waals surface area contributed by atoms with Crippen molar-refractivity contribution in [3.8, 4) is 0 Å². The molecule has 15 heavy (non-hydrogen) atoms. The maximum Gasteiger partial charge on any atom is 0.225 e. The number of carbonyl (C=O) groups is 1. The Hall–Kier alpha value is -0.610. The SMILES string of the molecule is COCCC(=O)N1C(C)CC2CNCC21. The van der Waals surface area contributed by atoms with E-state index in [9.17, 15) is 4.79 Å². The van der Waals surface area contributed by atoms with Crippen molar-refractivity contribution < 1.29 is 9.53 Å². The van der Waals surface area contributed by atoms with Crippen LogP contribution in [0.2, 0.25) is 0 Å². The van der Waals surface area contributed by atoms with Crippen LogP contribution in [0.1, 0.15) is 19.8 Å². The van der Waals surface area contributed by atoms with Crippen molar-refractivity contribution in [3.05, 3.63) is 0 Å². The number of rotatable bonds is 3. The van der Waals surface area contributed by atoms with Gasteiger partial charge in [-0.1, -0.05) is 0 Å². The number of nitrogens with zero attached hydrogens (tertiary/aromatic N) is 1. The molecule has 4 heteroatoms. The second kappa shape index (κ2) is 4.49. The van der Waals surface area contributed by atoms with Gasteiger partial charge in [-0.05, 0) is 19.3 Å². The third-order valence-electron chi connectivity index (χ3n) is 3.59. The summed E-state index contributed by atoms with van der Waals surface area (Å²) in [7, 11) is 1.64. The summed E-state index contributed by atoms with van der Waals surface area (Å²) < 4.78 is 4.96. The Kier molecular flexibility index (Phi) is 3.26. The van der Waals surface area contributed by atoms with Gasteiger partial charge in [-0.15, -0.1) is 0 Å². The summed E-state index contributed by atoms with van der Waals surface area (Å²) in [6.07, 6.45) is 1.67. The van der Waals surface area contributed by atoms with Crippen molar-refractivity contribution in [2.45, 2.75) is 31.8 Å². The Bertz CT molecular complexity index is 245. The van der Waals surface area contributed by atoms with E-state index in [0.29, 0.717) is 31.0 Å². The van der Waals surface area contributed by atoms with E-state index in [0.717, 1.165) is 19.5 Å². The van der Waals surface area contributed by atoms with Gasteiger partial charge in [0.15, 0.2) is 0 Å². The van der Waals surface area contributed by atoms with Gasteiger partial charge in [-0.25, -0.2) is 0 Å². The van der Waals surface area contributed by atoms with Crippen molar-refractivity contribution in [2.75, 3.05) is 26.8 Å². The molecule has 0 aromatic heterocycles. The minimum atomic E-state index is 0.251. The maximum absolute atomic E-state index is 12.0. The maximum atomic E-state index is 12.0. The van der Waals surface area contributed by atoms with Gasteiger partial charge in [0.1, 0.15) is 0 Å². The Balaban J connectivity index is 1.97. The van der Waals surface area contributed by atoms with Crippen LogP contribution in [0.3, 0.4) is 0 Å². The molecule has 2 heterocycles. The van der Waals surface area contributed by atoms with Crippen LogP contribution in [0, 0.1) is 5.92 Å². The smallest absolute Gasteiger partial charge is 0.225 e. The first-order valence-electron chi connectivity index (χ1n) is 5.75. The number of amides is 1. The molecule has 3 atom stereocenters. The highest BCUT2D eigenvalue weighted by molar-refractivity contribution is 5.77. The van der Waals surface area contributed by atoms with Crippen LogP contribution in [-0.2, 0) is 9.53 Å². The second-order valence-electron chi connectivity index (χ2n) is 4.61. The summed E-state index contributed by atoms with van der Waals surface area (Å²) >= 11 is 0. The molecule has 86 valence electrons. The lowest BCUT2D eigenvalue weighted by molar-refractivity contribution is -0.134. The fourth-order valence-electron chi connectivity index (χ4n) is 2.91. The summed E-state index contributed by atoms with van der Waals surface area (Å²) in [5.41, 5.74) is 0. The standard InChI is InChI=1S/C11H20N2O2/c1-8-5-9-6-12-7-10(9)13(8)11(14)3-4-15-2/h8-10,12H,3-7H2,1-2H3. The zero-order valence-electron chi connectivity index (χ0n) is 9.53. The van der Waals surface area contributed by atoms with Gasteiger partial charge in [0.2, 0.25) is 5.91 Å². The lowest BCUT2D eigenvalue weighted by Crippen LogP contribution is -2.43. The molecule has 0 saturated carbocycles. The van der Waals surface area contributed by atoms with Crippen LogP contribution >= 0.6 is 0 Å². The van der Waals surface area contributed by atoms with Gasteiger partial charge in [0.25, 0.3) is 0 Å². The highest BCUT2D eigenvalue weighted by Gasteiger charge is 2.43. The van der Waals surface area contributed by atoms with Crippen molar-refractivity contribution in [1.82, 2.24) is 10.2 Å². The van der Waals surface area contributed by atoms with Gasteiger partial charge in [0, 0.05) is 32.3 Å². The van der Waals surface area contributed by atoms with E-state index in [1.165, 1.54) is 0 Å². The van der Waals surface area contributed by atoms with Crippen molar-refractivity contribution in [2.24, 2.45) is 5.92 Å². The second-order valence-corrected chi connectivity index (χ2v) is 4.61. The van der Waals surface area contributed by atoms with E-state index in [1.807, 2.05) is 0 Å². The molecule has 0 spiro atoms. The highest BCUT2D eigenvalue weighted by Crippen LogP contribution is 2.32. The minimum absolute atomic E-state index is 0.251. The normalized spacial score (nSPS) is 34.5. The average molecular weight is 212 g/mol. The van der Waals surface area contributed by atoms with Crippen LogP contribution in [0.4, 0.5) is 0 Å². The third kappa shape index (κ3) is 2.01. The number of hydrogen-bond donors (Lipinski definition) is 1. The van der Waals surface area contributed by atoms with E-state index >= 15 is 0 Å². The average Bonchev–Trinajstić information content (AvgIpc) is 2.73. The molecule has 1 N–H and O–H groups in total. The number of hydrogen-bond acceptors (Lipinski definition) is 3.